The number of aliphatic imine (C=N–C) groups is 1. The minimum absolute atomic E-state index is 0.0923. The van der Waals surface area contributed by atoms with E-state index in [0.717, 1.165) is 18.5 Å². The van der Waals surface area contributed by atoms with E-state index in [1.165, 1.54) is 5.56 Å². The van der Waals surface area contributed by atoms with Crippen molar-refractivity contribution in [2.75, 3.05) is 19.7 Å². The molecule has 0 bridgehead atoms. The molecule has 31 heavy (non-hydrogen) atoms. The number of amides is 1. The molecule has 1 atom stereocenters. The average molecular weight is 423 g/mol. The summed E-state index contributed by atoms with van der Waals surface area (Å²) in [5, 5.41) is 0. The van der Waals surface area contributed by atoms with Gasteiger partial charge in [0.05, 0.1) is 17.9 Å². The Balaban J connectivity index is 1.53. The Hall–Kier alpha value is -3.09. The normalized spacial score (nSPS) is 21.3. The summed E-state index contributed by atoms with van der Waals surface area (Å²) >= 11 is 0. The maximum absolute atomic E-state index is 12.5. The predicted molar refractivity (Wildman–Crippen MR) is 119 cm³/mol. The molecule has 0 aliphatic carbocycles. The van der Waals surface area contributed by atoms with E-state index in [1.54, 1.807) is 17.3 Å². The summed E-state index contributed by atoms with van der Waals surface area (Å²) in [6, 6.07) is 15.1. The number of likely N-dealkylation sites (tertiary alicyclic amines) is 1. The first kappa shape index (κ1) is 21.2. The van der Waals surface area contributed by atoms with E-state index in [2.05, 4.69) is 34.1 Å². The summed E-state index contributed by atoms with van der Waals surface area (Å²) in [7, 11) is 0. The van der Waals surface area contributed by atoms with Gasteiger partial charge in [-0.1, -0.05) is 30.3 Å². The number of piperidine rings is 1. The molecule has 164 valence electrons. The smallest absolute Gasteiger partial charge is 0.410 e. The Bertz CT molecular complexity index is 903. The van der Waals surface area contributed by atoms with Gasteiger partial charge in [0.15, 0.2) is 0 Å². The Kier molecular flexibility index (Phi) is 6.11. The number of ether oxygens (including phenoxy) is 2. The molecule has 1 amide bonds. The number of hydrogen-bond donors (Lipinski definition) is 0. The Morgan fingerprint density at radius 2 is 1.87 bits per heavy atom. The van der Waals surface area contributed by atoms with Gasteiger partial charge in [0, 0.05) is 25.3 Å². The van der Waals surface area contributed by atoms with Crippen LogP contribution in [0.15, 0.2) is 59.9 Å². The van der Waals surface area contributed by atoms with Gasteiger partial charge in [0.1, 0.15) is 12.2 Å². The fourth-order valence-corrected chi connectivity index (χ4v) is 4.06. The van der Waals surface area contributed by atoms with Crippen LogP contribution in [0.25, 0.3) is 0 Å². The molecule has 3 heterocycles. The second kappa shape index (κ2) is 8.96. The van der Waals surface area contributed by atoms with Crippen LogP contribution in [0.5, 0.6) is 0 Å². The molecule has 2 aliphatic heterocycles. The summed E-state index contributed by atoms with van der Waals surface area (Å²) in [6.07, 6.45) is 4.88. The molecule has 0 spiro atoms. The van der Waals surface area contributed by atoms with Gasteiger partial charge in [-0.05, 0) is 51.3 Å². The SMILES string of the molecule is CC(C)(C)OC(=O)N1CCC(N2/C(=N\c3cccnc3)OC[C@H]2c2ccccc2)CC1. The standard InChI is InChI=1S/C24H30N4O3/c1-24(2,3)31-23(29)27-14-11-20(12-15-27)28-21(18-8-5-4-6-9-18)17-30-22(28)26-19-10-7-13-25-16-19/h4-10,13,16,20-21H,11-12,14-15,17H2,1-3H3/b26-22+/t21-/m0/s1. The van der Waals surface area contributed by atoms with Crippen LogP contribution in [0.2, 0.25) is 0 Å². The fourth-order valence-electron chi connectivity index (χ4n) is 4.06. The number of aromatic nitrogens is 1. The molecule has 2 fully saturated rings. The summed E-state index contributed by atoms with van der Waals surface area (Å²) in [4.78, 5) is 25.5. The first-order valence-electron chi connectivity index (χ1n) is 10.8. The highest BCUT2D eigenvalue weighted by atomic mass is 16.6. The van der Waals surface area contributed by atoms with Crippen molar-refractivity contribution in [2.45, 2.75) is 51.3 Å². The molecule has 1 aromatic carbocycles. The summed E-state index contributed by atoms with van der Waals surface area (Å²) < 4.78 is 11.6. The van der Waals surface area contributed by atoms with E-state index in [1.807, 2.05) is 39.0 Å². The van der Waals surface area contributed by atoms with Crippen LogP contribution < -0.4 is 0 Å². The molecule has 2 aliphatic rings. The molecule has 0 radical (unpaired) electrons. The number of rotatable bonds is 3. The fraction of sp³-hybridized carbons (Fsp3) is 0.458. The highest BCUT2D eigenvalue weighted by Crippen LogP contribution is 2.34. The Morgan fingerprint density at radius 3 is 2.52 bits per heavy atom. The van der Waals surface area contributed by atoms with Gasteiger partial charge < -0.3 is 19.3 Å². The van der Waals surface area contributed by atoms with Crippen molar-refractivity contribution >= 4 is 17.8 Å². The summed E-state index contributed by atoms with van der Waals surface area (Å²) in [5.41, 5.74) is 1.48. The van der Waals surface area contributed by atoms with E-state index in [-0.39, 0.29) is 18.2 Å². The predicted octanol–water partition coefficient (Wildman–Crippen LogP) is 4.54. The highest BCUT2D eigenvalue weighted by Gasteiger charge is 2.40. The molecular formula is C24H30N4O3. The zero-order chi connectivity index (χ0) is 21.8. The van der Waals surface area contributed by atoms with Crippen molar-refractivity contribution in [3.05, 3.63) is 60.4 Å². The third-order valence-corrected chi connectivity index (χ3v) is 5.49. The van der Waals surface area contributed by atoms with E-state index in [4.69, 9.17) is 14.5 Å². The second-order valence-corrected chi connectivity index (χ2v) is 8.95. The van der Waals surface area contributed by atoms with Crippen LogP contribution in [0.3, 0.4) is 0 Å². The van der Waals surface area contributed by atoms with Gasteiger partial charge in [-0.25, -0.2) is 4.79 Å². The van der Waals surface area contributed by atoms with E-state index in [0.29, 0.717) is 25.7 Å². The van der Waals surface area contributed by atoms with Gasteiger partial charge in [-0.3, -0.25) is 4.98 Å². The number of carbonyl (C=O) groups is 1. The van der Waals surface area contributed by atoms with Crippen LogP contribution >= 0.6 is 0 Å². The van der Waals surface area contributed by atoms with Crippen LogP contribution in [0.1, 0.15) is 45.2 Å². The molecule has 0 saturated carbocycles. The van der Waals surface area contributed by atoms with Gasteiger partial charge in [-0.2, -0.15) is 4.99 Å². The summed E-state index contributed by atoms with van der Waals surface area (Å²) in [6.45, 7) is 7.53. The number of benzene rings is 1. The first-order valence-corrected chi connectivity index (χ1v) is 10.8. The second-order valence-electron chi connectivity index (χ2n) is 8.95. The lowest BCUT2D eigenvalue weighted by Gasteiger charge is -2.39. The molecular weight excluding hydrogens is 392 g/mol. The molecule has 1 aromatic heterocycles. The van der Waals surface area contributed by atoms with Gasteiger partial charge in [0.25, 0.3) is 6.02 Å². The molecule has 4 rings (SSSR count). The van der Waals surface area contributed by atoms with Gasteiger partial charge >= 0.3 is 6.09 Å². The minimum atomic E-state index is -0.487. The van der Waals surface area contributed by atoms with E-state index in [9.17, 15) is 4.79 Å². The highest BCUT2D eigenvalue weighted by molar-refractivity contribution is 5.79. The zero-order valence-electron chi connectivity index (χ0n) is 18.4. The number of amidine groups is 1. The van der Waals surface area contributed by atoms with Crippen molar-refractivity contribution < 1.29 is 14.3 Å². The van der Waals surface area contributed by atoms with Crippen LogP contribution in [-0.2, 0) is 9.47 Å². The average Bonchev–Trinajstić information content (AvgIpc) is 3.17. The monoisotopic (exact) mass is 422 g/mol. The molecule has 0 unspecified atom stereocenters. The maximum atomic E-state index is 12.5. The van der Waals surface area contributed by atoms with E-state index >= 15 is 0 Å². The quantitative estimate of drug-likeness (QED) is 0.726. The maximum Gasteiger partial charge on any atom is 0.410 e. The first-order chi connectivity index (χ1) is 14.9. The molecule has 7 nitrogen and oxygen atoms in total. The van der Waals surface area contributed by atoms with Crippen molar-refractivity contribution in [2.24, 2.45) is 4.99 Å². The van der Waals surface area contributed by atoms with E-state index < -0.39 is 5.60 Å². The largest absolute Gasteiger partial charge is 0.462 e. The molecule has 2 aromatic rings. The Labute approximate surface area is 183 Å². The van der Waals surface area contributed by atoms with Crippen molar-refractivity contribution in [3.8, 4) is 0 Å². The molecule has 0 N–H and O–H groups in total. The lowest BCUT2D eigenvalue weighted by molar-refractivity contribution is 0.0166. The number of nitrogens with zero attached hydrogens (tertiary/aromatic N) is 4. The van der Waals surface area contributed by atoms with Crippen molar-refractivity contribution in [3.63, 3.8) is 0 Å². The van der Waals surface area contributed by atoms with Crippen LogP contribution in [0, 0.1) is 0 Å². The topological polar surface area (TPSA) is 67.3 Å². The third-order valence-electron chi connectivity index (χ3n) is 5.49. The third kappa shape index (κ3) is 5.16. The number of pyridine rings is 1. The summed E-state index contributed by atoms with van der Waals surface area (Å²) in [5.74, 6) is 0. The van der Waals surface area contributed by atoms with Crippen LogP contribution in [-0.4, -0.2) is 58.2 Å². The number of hydrogen-bond acceptors (Lipinski definition) is 5. The lowest BCUT2D eigenvalue weighted by Crippen LogP contribution is -2.49. The van der Waals surface area contributed by atoms with Crippen LogP contribution in [0.4, 0.5) is 10.5 Å². The van der Waals surface area contributed by atoms with Crippen molar-refractivity contribution in [1.82, 2.24) is 14.8 Å². The van der Waals surface area contributed by atoms with Gasteiger partial charge in [0.2, 0.25) is 0 Å². The molecule has 2 saturated heterocycles. The lowest BCUT2D eigenvalue weighted by atomic mass is 9.99. The zero-order valence-corrected chi connectivity index (χ0v) is 18.4. The van der Waals surface area contributed by atoms with Crippen molar-refractivity contribution in [1.29, 1.82) is 0 Å². The minimum Gasteiger partial charge on any atom is -0.462 e. The van der Waals surface area contributed by atoms with Gasteiger partial charge in [-0.15, -0.1) is 0 Å². The number of carbonyl (C=O) groups excluding carboxylic acids is 1. The Morgan fingerprint density at radius 1 is 1.13 bits per heavy atom. The molecule has 7 heteroatoms.